The molecule has 0 saturated carbocycles. The first kappa shape index (κ1) is 23.3. The molecule has 4 nitrogen and oxygen atoms in total. The van der Waals surface area contributed by atoms with Crippen LogP contribution in [0.3, 0.4) is 0 Å². The van der Waals surface area contributed by atoms with Gasteiger partial charge < -0.3 is 9.32 Å². The number of benzene rings is 2. The van der Waals surface area contributed by atoms with Crippen LogP contribution in [0.5, 0.6) is 0 Å². The van der Waals surface area contributed by atoms with E-state index in [2.05, 4.69) is 67.8 Å². The van der Waals surface area contributed by atoms with Crippen molar-refractivity contribution in [1.82, 2.24) is 9.80 Å². The van der Waals surface area contributed by atoms with E-state index < -0.39 is 0 Å². The quantitative estimate of drug-likeness (QED) is 0.450. The topological polar surface area (TPSA) is 36.7 Å². The number of aryl methyl sites for hydroxylation is 3. The smallest absolute Gasteiger partial charge is 0.254 e. The maximum Gasteiger partial charge on any atom is 0.254 e. The lowest BCUT2D eigenvalue weighted by Crippen LogP contribution is -2.42. The predicted molar refractivity (Wildman–Crippen MR) is 133 cm³/mol. The summed E-state index contributed by atoms with van der Waals surface area (Å²) in [7, 11) is 0. The highest BCUT2D eigenvalue weighted by Gasteiger charge is 2.37. The standard InChI is InChI=1S/C29H36N2O2/c1-20(2)31(29(32)24-12-7-6-8-13-24)17-25-16-30(18-26-15-22(4)23(5)33-26)19-28(25)27-14-10-9-11-21(27)3/h6-15,20,25,28H,16-19H2,1-5H3/t25-,28+/m1/s1. The molecule has 2 aromatic carbocycles. The van der Waals surface area contributed by atoms with E-state index in [1.807, 2.05) is 37.3 Å². The third-order valence-corrected chi connectivity index (χ3v) is 7.04. The van der Waals surface area contributed by atoms with Gasteiger partial charge in [0, 0.05) is 37.2 Å². The average Bonchev–Trinajstić information content (AvgIpc) is 3.34. The third kappa shape index (κ3) is 5.22. The van der Waals surface area contributed by atoms with E-state index >= 15 is 0 Å². The summed E-state index contributed by atoms with van der Waals surface area (Å²) in [5, 5.41) is 0. The van der Waals surface area contributed by atoms with Gasteiger partial charge in [-0.25, -0.2) is 0 Å². The molecule has 0 unspecified atom stereocenters. The fraction of sp³-hybridized carbons (Fsp3) is 0.414. The molecule has 1 saturated heterocycles. The van der Waals surface area contributed by atoms with Crippen LogP contribution in [0.1, 0.15) is 58.3 Å². The van der Waals surface area contributed by atoms with Crippen molar-refractivity contribution in [3.05, 3.63) is 94.4 Å². The van der Waals surface area contributed by atoms with Crippen LogP contribution in [0.2, 0.25) is 0 Å². The lowest BCUT2D eigenvalue weighted by molar-refractivity contribution is 0.0668. The van der Waals surface area contributed by atoms with Crippen molar-refractivity contribution in [3.63, 3.8) is 0 Å². The van der Waals surface area contributed by atoms with Crippen LogP contribution in [0.25, 0.3) is 0 Å². The number of hydrogen-bond donors (Lipinski definition) is 0. The summed E-state index contributed by atoms with van der Waals surface area (Å²) in [5.74, 6) is 2.88. The Balaban J connectivity index is 1.59. The second-order valence-electron chi connectivity index (χ2n) is 9.79. The summed E-state index contributed by atoms with van der Waals surface area (Å²) >= 11 is 0. The highest BCUT2D eigenvalue weighted by Crippen LogP contribution is 2.36. The molecule has 174 valence electrons. The van der Waals surface area contributed by atoms with Crippen molar-refractivity contribution in [2.75, 3.05) is 19.6 Å². The van der Waals surface area contributed by atoms with Gasteiger partial charge >= 0.3 is 0 Å². The van der Waals surface area contributed by atoms with Crippen LogP contribution < -0.4 is 0 Å². The number of furan rings is 1. The van der Waals surface area contributed by atoms with Crippen LogP contribution in [0.15, 0.2) is 65.1 Å². The molecule has 2 heterocycles. The highest BCUT2D eigenvalue weighted by molar-refractivity contribution is 5.94. The summed E-state index contributed by atoms with van der Waals surface area (Å²) in [6, 6.07) is 20.7. The second-order valence-corrected chi connectivity index (χ2v) is 9.79. The molecule has 4 heteroatoms. The van der Waals surface area contributed by atoms with Gasteiger partial charge in [0.05, 0.1) is 6.54 Å². The molecule has 1 fully saturated rings. The zero-order valence-corrected chi connectivity index (χ0v) is 20.5. The van der Waals surface area contributed by atoms with Gasteiger partial charge in [-0.15, -0.1) is 0 Å². The molecule has 3 aromatic rings. The first-order chi connectivity index (χ1) is 15.8. The summed E-state index contributed by atoms with van der Waals surface area (Å²) < 4.78 is 5.99. The van der Waals surface area contributed by atoms with Gasteiger partial charge in [-0.05, 0) is 75.4 Å². The van der Waals surface area contributed by atoms with Gasteiger partial charge in [0.25, 0.3) is 5.91 Å². The van der Waals surface area contributed by atoms with Gasteiger partial charge in [-0.2, -0.15) is 0 Å². The van der Waals surface area contributed by atoms with Crippen molar-refractivity contribution in [2.24, 2.45) is 5.92 Å². The van der Waals surface area contributed by atoms with Crippen LogP contribution in [0, 0.1) is 26.7 Å². The molecule has 0 radical (unpaired) electrons. The molecular weight excluding hydrogens is 408 g/mol. The molecule has 0 spiro atoms. The van der Waals surface area contributed by atoms with Crippen molar-refractivity contribution in [3.8, 4) is 0 Å². The molecule has 0 bridgehead atoms. The minimum absolute atomic E-state index is 0.116. The van der Waals surface area contributed by atoms with E-state index in [9.17, 15) is 4.79 Å². The Kier molecular flexibility index (Phi) is 7.04. The number of nitrogens with zero attached hydrogens (tertiary/aromatic N) is 2. The van der Waals surface area contributed by atoms with Crippen LogP contribution in [-0.2, 0) is 6.54 Å². The number of amides is 1. The van der Waals surface area contributed by atoms with E-state index in [1.165, 1.54) is 16.7 Å². The van der Waals surface area contributed by atoms with E-state index in [-0.39, 0.29) is 11.9 Å². The van der Waals surface area contributed by atoms with E-state index in [0.717, 1.165) is 43.3 Å². The normalized spacial score (nSPS) is 18.7. The Morgan fingerprint density at radius 3 is 2.33 bits per heavy atom. The molecule has 1 aromatic heterocycles. The van der Waals surface area contributed by atoms with Crippen molar-refractivity contribution < 1.29 is 9.21 Å². The van der Waals surface area contributed by atoms with Gasteiger partial charge in [0.15, 0.2) is 0 Å². The average molecular weight is 445 g/mol. The van der Waals surface area contributed by atoms with E-state index in [1.54, 1.807) is 0 Å². The Morgan fingerprint density at radius 1 is 1.00 bits per heavy atom. The van der Waals surface area contributed by atoms with E-state index in [4.69, 9.17) is 4.42 Å². The Labute approximate surface area is 198 Å². The van der Waals surface area contributed by atoms with Gasteiger partial charge in [-0.1, -0.05) is 42.5 Å². The Bertz CT molecular complexity index is 1070. The SMILES string of the molecule is Cc1ccccc1[C@H]1CN(Cc2cc(C)c(C)o2)C[C@@H]1CN(C(=O)c1ccccc1)C(C)C. The summed E-state index contributed by atoms with van der Waals surface area (Å²) in [6.45, 7) is 14.0. The number of carbonyl (C=O) groups is 1. The second kappa shape index (κ2) is 9.96. The minimum atomic E-state index is 0.116. The van der Waals surface area contributed by atoms with Gasteiger partial charge in [0.2, 0.25) is 0 Å². The molecule has 2 atom stereocenters. The van der Waals surface area contributed by atoms with Crippen LogP contribution >= 0.6 is 0 Å². The highest BCUT2D eigenvalue weighted by atomic mass is 16.3. The fourth-order valence-corrected chi connectivity index (χ4v) is 5.11. The Hall–Kier alpha value is -2.85. The number of hydrogen-bond acceptors (Lipinski definition) is 3. The van der Waals surface area contributed by atoms with Crippen LogP contribution in [0.4, 0.5) is 0 Å². The lowest BCUT2D eigenvalue weighted by atomic mass is 9.86. The maximum atomic E-state index is 13.4. The minimum Gasteiger partial charge on any atom is -0.465 e. The molecule has 0 aliphatic carbocycles. The fourth-order valence-electron chi connectivity index (χ4n) is 5.11. The zero-order chi connectivity index (χ0) is 23.5. The van der Waals surface area contributed by atoms with Crippen molar-refractivity contribution in [1.29, 1.82) is 0 Å². The summed E-state index contributed by atoms with van der Waals surface area (Å²) in [5.41, 5.74) is 4.68. The number of carbonyl (C=O) groups excluding carboxylic acids is 1. The molecule has 4 rings (SSSR count). The molecule has 1 amide bonds. The Morgan fingerprint density at radius 2 is 1.70 bits per heavy atom. The molecule has 1 aliphatic rings. The van der Waals surface area contributed by atoms with Crippen molar-refractivity contribution >= 4 is 5.91 Å². The molecular formula is C29H36N2O2. The summed E-state index contributed by atoms with van der Waals surface area (Å²) in [6.07, 6.45) is 0. The van der Waals surface area contributed by atoms with Gasteiger partial charge in [-0.3, -0.25) is 9.69 Å². The summed E-state index contributed by atoms with van der Waals surface area (Å²) in [4.78, 5) is 17.9. The predicted octanol–water partition coefficient (Wildman–Crippen LogP) is 5.97. The third-order valence-electron chi connectivity index (χ3n) is 7.04. The maximum absolute atomic E-state index is 13.4. The first-order valence-electron chi connectivity index (χ1n) is 12.0. The van der Waals surface area contributed by atoms with Crippen molar-refractivity contribution in [2.45, 2.75) is 53.1 Å². The van der Waals surface area contributed by atoms with Gasteiger partial charge in [0.1, 0.15) is 11.5 Å². The number of rotatable bonds is 7. The van der Waals surface area contributed by atoms with Crippen LogP contribution in [-0.4, -0.2) is 41.4 Å². The number of likely N-dealkylation sites (tertiary alicyclic amines) is 1. The lowest BCUT2D eigenvalue weighted by Gasteiger charge is -2.32. The molecule has 1 aliphatic heterocycles. The largest absolute Gasteiger partial charge is 0.465 e. The monoisotopic (exact) mass is 444 g/mol. The van der Waals surface area contributed by atoms with E-state index in [0.29, 0.717) is 11.8 Å². The molecule has 33 heavy (non-hydrogen) atoms. The molecule has 0 N–H and O–H groups in total. The zero-order valence-electron chi connectivity index (χ0n) is 20.5. The first-order valence-corrected chi connectivity index (χ1v) is 12.0.